The first-order chi connectivity index (χ1) is 9.20. The molecule has 0 atom stereocenters. The quantitative estimate of drug-likeness (QED) is 0.671. The Bertz CT molecular complexity index is 757. The third kappa shape index (κ3) is 1.74. The molecule has 0 spiro atoms. The number of hydrogen-bond donors (Lipinski definition) is 3. The summed E-state index contributed by atoms with van der Waals surface area (Å²) in [6.07, 6.45) is 1.79. The Kier molecular flexibility index (Phi) is 2.49. The van der Waals surface area contributed by atoms with Crippen molar-refractivity contribution in [2.24, 2.45) is 0 Å². The van der Waals surface area contributed by atoms with E-state index in [0.717, 1.165) is 16.5 Å². The molecule has 3 rings (SSSR count). The molecule has 3 aromatic rings. The van der Waals surface area contributed by atoms with Crippen LogP contribution in [0, 0.1) is 0 Å². The number of carbonyl (C=O) groups is 1. The summed E-state index contributed by atoms with van der Waals surface area (Å²) in [5.74, 6) is -0.320. The number of aromatic carboxylic acids is 1. The summed E-state index contributed by atoms with van der Waals surface area (Å²) >= 11 is 0. The highest BCUT2D eigenvalue weighted by atomic mass is 16.5. The number of benzene rings is 1. The van der Waals surface area contributed by atoms with E-state index < -0.39 is 5.97 Å². The molecule has 0 aliphatic heterocycles. The Morgan fingerprint density at radius 1 is 1.42 bits per heavy atom. The normalized spacial score (nSPS) is 10.8. The maximum atomic E-state index is 10.9. The van der Waals surface area contributed by atoms with Gasteiger partial charge in [-0.1, -0.05) is 6.07 Å². The number of fused-ring (bicyclic) bond motifs is 1. The third-order valence-electron chi connectivity index (χ3n) is 2.97. The minimum absolute atomic E-state index is 0.0549. The Hall–Kier alpha value is -2.76. The molecule has 0 bridgehead atoms. The van der Waals surface area contributed by atoms with E-state index in [9.17, 15) is 4.79 Å². The first kappa shape index (κ1) is 11.3. The highest BCUT2D eigenvalue weighted by Crippen LogP contribution is 2.34. The summed E-state index contributed by atoms with van der Waals surface area (Å²) in [6, 6.07) is 7.16. The molecule has 1 aromatic carbocycles. The van der Waals surface area contributed by atoms with Crippen molar-refractivity contribution in [3.63, 3.8) is 0 Å². The molecule has 0 unspecified atom stereocenters. The molecule has 96 valence electrons. The van der Waals surface area contributed by atoms with Crippen LogP contribution >= 0.6 is 0 Å². The lowest BCUT2D eigenvalue weighted by Gasteiger charge is -2.02. The second-order valence-electron chi connectivity index (χ2n) is 4.06. The maximum absolute atomic E-state index is 10.9. The van der Waals surface area contributed by atoms with Crippen LogP contribution in [0.3, 0.4) is 0 Å². The Labute approximate surface area is 108 Å². The lowest BCUT2D eigenvalue weighted by Crippen LogP contribution is -1.95. The largest absolute Gasteiger partial charge is 0.496 e. The van der Waals surface area contributed by atoms with E-state index in [1.54, 1.807) is 13.3 Å². The van der Waals surface area contributed by atoms with Gasteiger partial charge in [-0.2, -0.15) is 5.10 Å². The number of nitrogens with zero attached hydrogens (tertiary/aromatic N) is 1. The van der Waals surface area contributed by atoms with Gasteiger partial charge >= 0.3 is 5.97 Å². The zero-order chi connectivity index (χ0) is 13.4. The van der Waals surface area contributed by atoms with Crippen molar-refractivity contribution < 1.29 is 14.6 Å². The summed E-state index contributed by atoms with van der Waals surface area (Å²) < 4.78 is 5.33. The number of rotatable bonds is 3. The third-order valence-corrected chi connectivity index (χ3v) is 2.97. The van der Waals surface area contributed by atoms with Gasteiger partial charge in [-0.3, -0.25) is 5.10 Å². The Morgan fingerprint density at radius 3 is 2.95 bits per heavy atom. The van der Waals surface area contributed by atoms with Crippen molar-refractivity contribution in [1.82, 2.24) is 15.2 Å². The molecule has 2 aromatic heterocycles. The highest BCUT2D eigenvalue weighted by Gasteiger charge is 2.15. The molecule has 3 N–H and O–H groups in total. The van der Waals surface area contributed by atoms with Gasteiger partial charge in [0.25, 0.3) is 0 Å². The highest BCUT2D eigenvalue weighted by molar-refractivity contribution is 6.00. The van der Waals surface area contributed by atoms with Crippen LogP contribution in [0.2, 0.25) is 0 Å². The van der Waals surface area contributed by atoms with E-state index in [1.807, 2.05) is 18.2 Å². The molecule has 6 heteroatoms. The molecule has 0 amide bonds. The van der Waals surface area contributed by atoms with E-state index in [4.69, 9.17) is 9.84 Å². The number of aromatic amines is 2. The number of nitrogens with one attached hydrogen (secondary N) is 2. The molecular weight excluding hydrogens is 246 g/mol. The predicted molar refractivity (Wildman–Crippen MR) is 69.4 cm³/mol. The summed E-state index contributed by atoms with van der Waals surface area (Å²) in [5, 5.41) is 16.3. The second-order valence-corrected chi connectivity index (χ2v) is 4.06. The van der Waals surface area contributed by atoms with Crippen molar-refractivity contribution in [3.8, 4) is 17.0 Å². The number of aromatic nitrogens is 3. The van der Waals surface area contributed by atoms with Crippen LogP contribution < -0.4 is 4.74 Å². The van der Waals surface area contributed by atoms with Gasteiger partial charge in [0, 0.05) is 17.3 Å². The van der Waals surface area contributed by atoms with E-state index in [0.29, 0.717) is 11.4 Å². The number of ether oxygens (including phenoxy) is 1. The lowest BCUT2D eigenvalue weighted by molar-refractivity contribution is 0.0690. The fraction of sp³-hybridized carbons (Fsp3) is 0.0769. The smallest absolute Gasteiger partial charge is 0.353 e. The van der Waals surface area contributed by atoms with Gasteiger partial charge in [-0.25, -0.2) is 4.79 Å². The maximum Gasteiger partial charge on any atom is 0.353 e. The van der Waals surface area contributed by atoms with Crippen molar-refractivity contribution in [2.45, 2.75) is 0 Å². The molecule has 0 radical (unpaired) electrons. The lowest BCUT2D eigenvalue weighted by atomic mass is 10.1. The van der Waals surface area contributed by atoms with Crippen molar-refractivity contribution in [2.75, 3.05) is 7.11 Å². The number of carboxylic acids is 1. The number of methoxy groups -OCH3 is 1. The number of carboxylic acid groups (broad SMARTS) is 1. The Balaban J connectivity index is 2.21. The van der Waals surface area contributed by atoms with Gasteiger partial charge in [-0.15, -0.1) is 0 Å². The summed E-state index contributed by atoms with van der Waals surface area (Å²) in [4.78, 5) is 14.0. The van der Waals surface area contributed by atoms with Crippen LogP contribution in [-0.4, -0.2) is 33.4 Å². The van der Waals surface area contributed by atoms with E-state index in [-0.39, 0.29) is 5.69 Å². The van der Waals surface area contributed by atoms with Crippen LogP contribution in [-0.2, 0) is 0 Å². The van der Waals surface area contributed by atoms with Gasteiger partial charge in [-0.05, 0) is 18.2 Å². The first-order valence-corrected chi connectivity index (χ1v) is 5.64. The molecule has 0 saturated carbocycles. The SMILES string of the molecule is COc1cccc2[nH]cc(-c3cc(C(=O)O)[nH]n3)c12. The topological polar surface area (TPSA) is 91.0 Å². The second kappa shape index (κ2) is 4.16. The van der Waals surface area contributed by atoms with Crippen molar-refractivity contribution >= 4 is 16.9 Å². The van der Waals surface area contributed by atoms with Crippen LogP contribution in [0.15, 0.2) is 30.5 Å². The minimum Gasteiger partial charge on any atom is -0.496 e. The number of hydrogen-bond acceptors (Lipinski definition) is 3. The molecule has 0 aliphatic carbocycles. The molecule has 2 heterocycles. The molecule has 0 fully saturated rings. The van der Waals surface area contributed by atoms with Crippen molar-refractivity contribution in [1.29, 1.82) is 0 Å². The standard InChI is InChI=1S/C13H11N3O3/c1-19-11-4-2-3-8-12(11)7(6-14-8)9-5-10(13(17)18)16-15-9/h2-6,14H,1H3,(H,15,16)(H,17,18). The molecule has 6 nitrogen and oxygen atoms in total. The molecule has 0 aliphatic rings. The summed E-state index contributed by atoms with van der Waals surface area (Å²) in [6.45, 7) is 0. The average molecular weight is 257 g/mol. The summed E-state index contributed by atoms with van der Waals surface area (Å²) in [5.41, 5.74) is 2.33. The number of H-pyrrole nitrogens is 2. The van der Waals surface area contributed by atoms with Gasteiger partial charge in [0.1, 0.15) is 11.4 Å². The van der Waals surface area contributed by atoms with Crippen LogP contribution in [0.5, 0.6) is 5.75 Å². The van der Waals surface area contributed by atoms with Gasteiger partial charge in [0.05, 0.1) is 18.2 Å². The van der Waals surface area contributed by atoms with Gasteiger partial charge < -0.3 is 14.8 Å². The monoisotopic (exact) mass is 257 g/mol. The zero-order valence-corrected chi connectivity index (χ0v) is 10.1. The Morgan fingerprint density at radius 2 is 2.26 bits per heavy atom. The predicted octanol–water partition coefficient (Wildman–Crippen LogP) is 2.26. The molecule has 19 heavy (non-hydrogen) atoms. The fourth-order valence-electron chi connectivity index (χ4n) is 2.09. The van der Waals surface area contributed by atoms with E-state index >= 15 is 0 Å². The molecular formula is C13H11N3O3. The zero-order valence-electron chi connectivity index (χ0n) is 10.1. The van der Waals surface area contributed by atoms with E-state index in [1.165, 1.54) is 6.07 Å². The van der Waals surface area contributed by atoms with Gasteiger partial charge in [0.15, 0.2) is 0 Å². The van der Waals surface area contributed by atoms with Gasteiger partial charge in [0.2, 0.25) is 0 Å². The average Bonchev–Trinajstić information content (AvgIpc) is 3.04. The molecule has 0 saturated heterocycles. The van der Waals surface area contributed by atoms with Crippen LogP contribution in [0.1, 0.15) is 10.5 Å². The van der Waals surface area contributed by atoms with Crippen LogP contribution in [0.4, 0.5) is 0 Å². The summed E-state index contributed by atoms with van der Waals surface area (Å²) in [7, 11) is 1.60. The van der Waals surface area contributed by atoms with Crippen molar-refractivity contribution in [3.05, 3.63) is 36.2 Å². The van der Waals surface area contributed by atoms with E-state index in [2.05, 4.69) is 15.2 Å². The minimum atomic E-state index is -1.04. The van der Waals surface area contributed by atoms with Crippen LogP contribution in [0.25, 0.3) is 22.2 Å². The fourth-order valence-corrected chi connectivity index (χ4v) is 2.09. The first-order valence-electron chi connectivity index (χ1n) is 5.64.